The van der Waals surface area contributed by atoms with Crippen molar-refractivity contribution < 1.29 is 0 Å². The molecule has 0 aliphatic carbocycles. The number of fused-ring (bicyclic) bond motifs is 1. The number of nitrogens with zero attached hydrogens (tertiary/aromatic N) is 3. The molecule has 0 bridgehead atoms. The SMILES string of the molecule is CN(Cc1cccnc1)c1nccc2sccc12. The van der Waals surface area contributed by atoms with Gasteiger partial charge < -0.3 is 4.90 Å². The van der Waals surface area contributed by atoms with Gasteiger partial charge in [0.25, 0.3) is 0 Å². The molecule has 3 nitrogen and oxygen atoms in total. The van der Waals surface area contributed by atoms with Crippen molar-refractivity contribution in [1.82, 2.24) is 9.97 Å². The van der Waals surface area contributed by atoms with Crippen LogP contribution in [0, 0.1) is 0 Å². The molecule has 0 spiro atoms. The molecule has 0 aliphatic heterocycles. The second-order valence-corrected chi connectivity index (χ2v) is 5.13. The van der Waals surface area contributed by atoms with Gasteiger partial charge in [-0.15, -0.1) is 11.3 Å². The van der Waals surface area contributed by atoms with E-state index >= 15 is 0 Å². The van der Waals surface area contributed by atoms with Crippen LogP contribution in [0.15, 0.2) is 48.2 Å². The van der Waals surface area contributed by atoms with Crippen molar-refractivity contribution in [2.24, 2.45) is 0 Å². The molecule has 0 unspecified atom stereocenters. The largest absolute Gasteiger partial charge is 0.355 e. The third-order valence-corrected chi connectivity index (χ3v) is 3.75. The summed E-state index contributed by atoms with van der Waals surface area (Å²) in [5.41, 5.74) is 1.19. The molecule has 0 saturated carbocycles. The molecule has 0 amide bonds. The van der Waals surface area contributed by atoms with E-state index in [-0.39, 0.29) is 0 Å². The molecule has 0 N–H and O–H groups in total. The predicted molar refractivity (Wildman–Crippen MR) is 76.0 cm³/mol. The molecule has 18 heavy (non-hydrogen) atoms. The van der Waals surface area contributed by atoms with Gasteiger partial charge in [0.2, 0.25) is 0 Å². The fourth-order valence-electron chi connectivity index (χ4n) is 2.02. The van der Waals surface area contributed by atoms with Gasteiger partial charge in [0.05, 0.1) is 0 Å². The number of hydrogen-bond donors (Lipinski definition) is 0. The molecule has 0 saturated heterocycles. The van der Waals surface area contributed by atoms with Gasteiger partial charge in [0.1, 0.15) is 5.82 Å². The van der Waals surface area contributed by atoms with Crippen LogP contribution in [0.3, 0.4) is 0 Å². The molecule has 0 atom stereocenters. The van der Waals surface area contributed by atoms with Crippen molar-refractivity contribution in [2.45, 2.75) is 6.54 Å². The lowest BCUT2D eigenvalue weighted by molar-refractivity contribution is 0.898. The third-order valence-electron chi connectivity index (χ3n) is 2.86. The summed E-state index contributed by atoms with van der Waals surface area (Å²) in [6, 6.07) is 8.22. The van der Waals surface area contributed by atoms with Gasteiger partial charge in [0, 0.05) is 42.3 Å². The molecule has 3 aromatic rings. The molecule has 0 aliphatic rings. The first-order valence-corrected chi connectivity index (χ1v) is 6.65. The van der Waals surface area contributed by atoms with Crippen molar-refractivity contribution in [3.63, 3.8) is 0 Å². The summed E-state index contributed by atoms with van der Waals surface area (Å²) >= 11 is 1.75. The third kappa shape index (κ3) is 2.07. The normalized spacial score (nSPS) is 10.7. The molecule has 3 aromatic heterocycles. The Labute approximate surface area is 110 Å². The lowest BCUT2D eigenvalue weighted by Crippen LogP contribution is -2.17. The van der Waals surface area contributed by atoms with Crippen LogP contribution in [0.1, 0.15) is 5.56 Å². The highest BCUT2D eigenvalue weighted by molar-refractivity contribution is 7.17. The minimum atomic E-state index is 0.815. The van der Waals surface area contributed by atoms with Crippen LogP contribution in [0.5, 0.6) is 0 Å². The fraction of sp³-hybridized carbons (Fsp3) is 0.143. The number of pyridine rings is 2. The van der Waals surface area contributed by atoms with Gasteiger partial charge in [-0.25, -0.2) is 4.98 Å². The number of rotatable bonds is 3. The van der Waals surface area contributed by atoms with Crippen molar-refractivity contribution >= 4 is 27.2 Å². The highest BCUT2D eigenvalue weighted by Crippen LogP contribution is 2.28. The van der Waals surface area contributed by atoms with E-state index < -0.39 is 0 Å². The van der Waals surface area contributed by atoms with Crippen LogP contribution >= 0.6 is 11.3 Å². The van der Waals surface area contributed by atoms with Crippen molar-refractivity contribution in [3.05, 3.63) is 53.8 Å². The molecule has 3 rings (SSSR count). The van der Waals surface area contributed by atoms with E-state index in [9.17, 15) is 0 Å². The summed E-state index contributed by atoms with van der Waals surface area (Å²) in [5.74, 6) is 1.03. The fourth-order valence-corrected chi connectivity index (χ4v) is 2.80. The average molecular weight is 255 g/mol. The molecular weight excluding hydrogens is 242 g/mol. The van der Waals surface area contributed by atoms with E-state index in [2.05, 4.69) is 45.5 Å². The Balaban J connectivity index is 1.92. The molecule has 0 radical (unpaired) electrons. The Hall–Kier alpha value is -1.94. The number of aromatic nitrogens is 2. The Morgan fingerprint density at radius 2 is 2.17 bits per heavy atom. The van der Waals surface area contributed by atoms with Crippen LogP contribution in [0.25, 0.3) is 10.1 Å². The molecule has 0 fully saturated rings. The van der Waals surface area contributed by atoms with Gasteiger partial charge in [-0.3, -0.25) is 4.98 Å². The van der Waals surface area contributed by atoms with Gasteiger partial charge in [-0.05, 0) is 29.1 Å². The first-order valence-electron chi connectivity index (χ1n) is 5.77. The monoisotopic (exact) mass is 255 g/mol. The molecule has 4 heteroatoms. The van der Waals surface area contributed by atoms with Crippen molar-refractivity contribution in [2.75, 3.05) is 11.9 Å². The number of hydrogen-bond acceptors (Lipinski definition) is 4. The summed E-state index contributed by atoms with van der Waals surface area (Å²) in [6.07, 6.45) is 5.56. The van der Waals surface area contributed by atoms with E-state index in [1.165, 1.54) is 15.6 Å². The van der Waals surface area contributed by atoms with Gasteiger partial charge in [-0.2, -0.15) is 0 Å². The van der Waals surface area contributed by atoms with Crippen molar-refractivity contribution in [1.29, 1.82) is 0 Å². The second-order valence-electron chi connectivity index (χ2n) is 4.18. The summed E-state index contributed by atoms with van der Waals surface area (Å²) in [4.78, 5) is 10.8. The van der Waals surface area contributed by atoms with E-state index in [4.69, 9.17) is 0 Å². The number of anilines is 1. The zero-order chi connectivity index (χ0) is 12.4. The first-order chi connectivity index (χ1) is 8.84. The molecular formula is C14H13N3S. The molecule has 90 valence electrons. The highest BCUT2D eigenvalue weighted by Gasteiger charge is 2.08. The summed E-state index contributed by atoms with van der Waals surface area (Å²) in [6.45, 7) is 0.815. The Morgan fingerprint density at radius 3 is 3.00 bits per heavy atom. The zero-order valence-corrected chi connectivity index (χ0v) is 10.9. The van der Waals surface area contributed by atoms with E-state index in [1.54, 1.807) is 17.5 Å². The maximum absolute atomic E-state index is 4.49. The van der Waals surface area contributed by atoms with Gasteiger partial charge in [-0.1, -0.05) is 6.07 Å². The second kappa shape index (κ2) is 4.74. The highest BCUT2D eigenvalue weighted by atomic mass is 32.1. The van der Waals surface area contributed by atoms with Crippen LogP contribution in [0.4, 0.5) is 5.82 Å². The summed E-state index contributed by atoms with van der Waals surface area (Å²) < 4.78 is 1.28. The van der Waals surface area contributed by atoms with Crippen LogP contribution in [-0.2, 0) is 6.54 Å². The smallest absolute Gasteiger partial charge is 0.137 e. The quantitative estimate of drug-likeness (QED) is 0.719. The summed E-state index contributed by atoms with van der Waals surface area (Å²) in [7, 11) is 2.06. The minimum absolute atomic E-state index is 0.815. The average Bonchev–Trinajstić information content (AvgIpc) is 2.87. The van der Waals surface area contributed by atoms with Gasteiger partial charge >= 0.3 is 0 Å². The lowest BCUT2D eigenvalue weighted by atomic mass is 10.2. The zero-order valence-electron chi connectivity index (χ0n) is 10.1. The van der Waals surface area contributed by atoms with E-state index in [0.29, 0.717) is 0 Å². The molecule has 0 aromatic carbocycles. The number of thiophene rings is 1. The van der Waals surface area contributed by atoms with E-state index in [1.807, 2.05) is 18.5 Å². The predicted octanol–water partition coefficient (Wildman–Crippen LogP) is 3.33. The lowest BCUT2D eigenvalue weighted by Gasteiger charge is -2.18. The Kier molecular flexibility index (Phi) is 2.94. The maximum Gasteiger partial charge on any atom is 0.137 e. The Bertz CT molecular complexity index is 648. The maximum atomic E-state index is 4.49. The van der Waals surface area contributed by atoms with Gasteiger partial charge in [0.15, 0.2) is 0 Å². The minimum Gasteiger partial charge on any atom is -0.355 e. The first kappa shape index (κ1) is 11.2. The van der Waals surface area contributed by atoms with Crippen LogP contribution in [-0.4, -0.2) is 17.0 Å². The Morgan fingerprint density at radius 1 is 1.22 bits per heavy atom. The van der Waals surface area contributed by atoms with E-state index in [0.717, 1.165) is 12.4 Å². The van der Waals surface area contributed by atoms with Crippen molar-refractivity contribution in [3.8, 4) is 0 Å². The topological polar surface area (TPSA) is 29.0 Å². The standard InChI is InChI=1S/C14H13N3S/c1-17(10-11-3-2-6-15-9-11)14-12-5-8-18-13(12)4-7-16-14/h2-9H,10H2,1H3. The van der Waals surface area contributed by atoms with Crippen LogP contribution in [0.2, 0.25) is 0 Å². The summed E-state index contributed by atoms with van der Waals surface area (Å²) in [5, 5.41) is 3.32. The van der Waals surface area contributed by atoms with Crippen LogP contribution < -0.4 is 4.90 Å². The molecule has 3 heterocycles.